The van der Waals surface area contributed by atoms with Gasteiger partial charge < -0.3 is 20.5 Å². The highest BCUT2D eigenvalue weighted by molar-refractivity contribution is 5.35. The predicted octanol–water partition coefficient (Wildman–Crippen LogP) is 1.52. The summed E-state index contributed by atoms with van der Waals surface area (Å²) in [6.45, 7) is 9.00. The summed E-state index contributed by atoms with van der Waals surface area (Å²) in [4.78, 5) is 12.4. The molecule has 0 saturated carbocycles. The normalized spacial score (nSPS) is 12.9. The maximum absolute atomic E-state index is 9.96. The quantitative estimate of drug-likeness (QED) is 0.698. The first-order chi connectivity index (χ1) is 9.34. The number of hydrogen-bond donors (Lipinski definition) is 3. The van der Waals surface area contributed by atoms with Crippen molar-refractivity contribution in [3.05, 3.63) is 0 Å². The van der Waals surface area contributed by atoms with Crippen molar-refractivity contribution in [3.63, 3.8) is 0 Å². The molecule has 0 aliphatic carbocycles. The first kappa shape index (κ1) is 16.4. The van der Waals surface area contributed by atoms with Gasteiger partial charge in [0, 0.05) is 13.6 Å². The molecular formula is C13H25N5O2. The second-order valence-corrected chi connectivity index (χ2v) is 5.75. The Morgan fingerprint density at radius 1 is 1.20 bits per heavy atom. The summed E-state index contributed by atoms with van der Waals surface area (Å²) < 4.78 is 5.27. The fraction of sp³-hybridized carbons (Fsp3) is 0.769. The zero-order valence-corrected chi connectivity index (χ0v) is 12.9. The van der Waals surface area contributed by atoms with Crippen LogP contribution in [0.5, 0.6) is 6.01 Å². The molecule has 0 saturated heterocycles. The standard InChI is InChI=1S/C13H25N5O2/c1-6-20-12-17-10(14-5)16-11(18-12)15-8-9(19)7-13(2,3)4/h9,19H,6-8H2,1-5H3,(H2,14,15,16,17,18). The van der Waals surface area contributed by atoms with Gasteiger partial charge in [0.05, 0.1) is 12.7 Å². The molecule has 7 nitrogen and oxygen atoms in total. The van der Waals surface area contributed by atoms with E-state index in [1.54, 1.807) is 7.05 Å². The predicted molar refractivity (Wildman–Crippen MR) is 79.1 cm³/mol. The molecule has 1 aromatic heterocycles. The minimum Gasteiger partial charge on any atom is -0.464 e. The van der Waals surface area contributed by atoms with Gasteiger partial charge in [-0.3, -0.25) is 0 Å². The summed E-state index contributed by atoms with van der Waals surface area (Å²) in [5, 5.41) is 15.8. The second-order valence-electron chi connectivity index (χ2n) is 5.75. The number of nitrogens with one attached hydrogen (secondary N) is 2. The van der Waals surface area contributed by atoms with Crippen LogP contribution in [0.4, 0.5) is 11.9 Å². The van der Waals surface area contributed by atoms with Gasteiger partial charge in [-0.2, -0.15) is 15.0 Å². The topological polar surface area (TPSA) is 92.2 Å². The van der Waals surface area contributed by atoms with Gasteiger partial charge in [0.1, 0.15) is 0 Å². The molecule has 0 spiro atoms. The average molecular weight is 283 g/mol. The lowest BCUT2D eigenvalue weighted by atomic mass is 9.89. The van der Waals surface area contributed by atoms with Crippen LogP contribution in [0.25, 0.3) is 0 Å². The van der Waals surface area contributed by atoms with Crippen molar-refractivity contribution >= 4 is 11.9 Å². The van der Waals surface area contributed by atoms with Crippen molar-refractivity contribution in [3.8, 4) is 6.01 Å². The third kappa shape index (κ3) is 6.01. The van der Waals surface area contributed by atoms with Gasteiger partial charge in [0.25, 0.3) is 0 Å². The smallest absolute Gasteiger partial charge is 0.323 e. The van der Waals surface area contributed by atoms with E-state index < -0.39 is 6.10 Å². The SMILES string of the molecule is CCOc1nc(NC)nc(NCC(O)CC(C)(C)C)n1. The number of nitrogens with zero attached hydrogens (tertiary/aromatic N) is 3. The zero-order chi connectivity index (χ0) is 15.2. The minimum absolute atomic E-state index is 0.0762. The molecule has 1 rings (SSSR count). The Balaban J connectivity index is 2.64. The molecule has 0 aromatic carbocycles. The summed E-state index contributed by atoms with van der Waals surface area (Å²) in [5.74, 6) is 0.817. The first-order valence-electron chi connectivity index (χ1n) is 6.82. The van der Waals surface area contributed by atoms with Crippen molar-refractivity contribution in [1.29, 1.82) is 0 Å². The maximum Gasteiger partial charge on any atom is 0.323 e. The Bertz CT molecular complexity index is 420. The van der Waals surface area contributed by atoms with E-state index in [1.807, 2.05) is 6.92 Å². The molecule has 0 amide bonds. The van der Waals surface area contributed by atoms with Crippen LogP contribution in [0.15, 0.2) is 0 Å². The monoisotopic (exact) mass is 283 g/mol. The van der Waals surface area contributed by atoms with Crippen molar-refractivity contribution in [2.24, 2.45) is 5.41 Å². The molecule has 0 aliphatic rings. The Morgan fingerprint density at radius 2 is 1.85 bits per heavy atom. The van der Waals surface area contributed by atoms with Gasteiger partial charge in [0.15, 0.2) is 0 Å². The molecule has 0 bridgehead atoms. The summed E-state index contributed by atoms with van der Waals surface area (Å²) in [6, 6.07) is 0.264. The summed E-state index contributed by atoms with van der Waals surface area (Å²) >= 11 is 0. The fourth-order valence-electron chi connectivity index (χ4n) is 1.73. The lowest BCUT2D eigenvalue weighted by Gasteiger charge is -2.22. The third-order valence-corrected chi connectivity index (χ3v) is 2.46. The number of aliphatic hydroxyl groups is 1. The van der Waals surface area contributed by atoms with E-state index >= 15 is 0 Å². The van der Waals surface area contributed by atoms with Crippen LogP contribution < -0.4 is 15.4 Å². The molecule has 0 radical (unpaired) electrons. The molecule has 7 heteroatoms. The molecule has 1 heterocycles. The summed E-state index contributed by atoms with van der Waals surface area (Å²) in [7, 11) is 1.73. The van der Waals surface area contributed by atoms with E-state index in [-0.39, 0.29) is 11.4 Å². The van der Waals surface area contributed by atoms with E-state index in [0.717, 1.165) is 0 Å². The van der Waals surface area contributed by atoms with Crippen LogP contribution in [-0.4, -0.2) is 46.4 Å². The van der Waals surface area contributed by atoms with Crippen molar-refractivity contribution < 1.29 is 9.84 Å². The molecular weight excluding hydrogens is 258 g/mol. The molecule has 0 aliphatic heterocycles. The van der Waals surface area contributed by atoms with Crippen molar-refractivity contribution in [1.82, 2.24) is 15.0 Å². The van der Waals surface area contributed by atoms with Gasteiger partial charge in [-0.1, -0.05) is 20.8 Å². The molecule has 1 atom stereocenters. The highest BCUT2D eigenvalue weighted by Gasteiger charge is 2.17. The molecule has 3 N–H and O–H groups in total. The Hall–Kier alpha value is -1.63. The van der Waals surface area contributed by atoms with Gasteiger partial charge in [0.2, 0.25) is 11.9 Å². The van der Waals surface area contributed by atoms with Crippen LogP contribution in [0.2, 0.25) is 0 Å². The number of aromatic nitrogens is 3. The van der Waals surface area contributed by atoms with Crippen LogP contribution in [-0.2, 0) is 0 Å². The molecule has 114 valence electrons. The van der Waals surface area contributed by atoms with Crippen molar-refractivity contribution in [2.45, 2.75) is 40.2 Å². The third-order valence-electron chi connectivity index (χ3n) is 2.46. The second kappa shape index (κ2) is 7.23. The Morgan fingerprint density at radius 3 is 2.40 bits per heavy atom. The fourth-order valence-corrected chi connectivity index (χ4v) is 1.73. The molecule has 0 fully saturated rings. The summed E-state index contributed by atoms with van der Waals surface area (Å²) in [5.41, 5.74) is 0.0762. The largest absolute Gasteiger partial charge is 0.464 e. The van der Waals surface area contributed by atoms with E-state index in [2.05, 4.69) is 46.4 Å². The van der Waals surface area contributed by atoms with Crippen LogP contribution in [0.3, 0.4) is 0 Å². The number of anilines is 2. The van der Waals surface area contributed by atoms with Gasteiger partial charge in [-0.05, 0) is 18.8 Å². The molecule has 20 heavy (non-hydrogen) atoms. The Kier molecular flexibility index (Phi) is 5.94. The summed E-state index contributed by atoms with van der Waals surface area (Å²) in [6.07, 6.45) is 0.239. The molecule has 1 aromatic rings. The van der Waals surface area contributed by atoms with E-state index in [4.69, 9.17) is 4.74 Å². The zero-order valence-electron chi connectivity index (χ0n) is 12.9. The van der Waals surface area contributed by atoms with Crippen LogP contribution in [0, 0.1) is 5.41 Å². The Labute approximate surface area is 120 Å². The van der Waals surface area contributed by atoms with Gasteiger partial charge in [-0.15, -0.1) is 0 Å². The number of rotatable bonds is 7. The van der Waals surface area contributed by atoms with Gasteiger partial charge >= 0.3 is 6.01 Å². The lowest BCUT2D eigenvalue weighted by molar-refractivity contribution is 0.132. The van der Waals surface area contributed by atoms with Crippen LogP contribution in [0.1, 0.15) is 34.1 Å². The number of hydrogen-bond acceptors (Lipinski definition) is 7. The highest BCUT2D eigenvalue weighted by atomic mass is 16.5. The van der Waals surface area contributed by atoms with E-state index in [0.29, 0.717) is 31.5 Å². The average Bonchev–Trinajstić information content (AvgIpc) is 2.34. The van der Waals surface area contributed by atoms with Crippen LogP contribution >= 0.6 is 0 Å². The van der Waals surface area contributed by atoms with Gasteiger partial charge in [-0.25, -0.2) is 0 Å². The highest BCUT2D eigenvalue weighted by Crippen LogP contribution is 2.21. The molecule has 1 unspecified atom stereocenters. The number of ether oxygens (including phenoxy) is 1. The van der Waals surface area contributed by atoms with Crippen molar-refractivity contribution in [2.75, 3.05) is 30.8 Å². The minimum atomic E-state index is -0.458. The van der Waals surface area contributed by atoms with E-state index in [1.165, 1.54) is 0 Å². The lowest BCUT2D eigenvalue weighted by Crippen LogP contribution is -2.26. The first-order valence-corrected chi connectivity index (χ1v) is 6.82. The number of aliphatic hydroxyl groups excluding tert-OH is 1. The maximum atomic E-state index is 9.96. The van der Waals surface area contributed by atoms with E-state index in [9.17, 15) is 5.11 Å².